The Balaban J connectivity index is 0.000000316. The molecule has 1 fully saturated rings. The van der Waals surface area contributed by atoms with E-state index in [4.69, 9.17) is 19.7 Å². The molecule has 0 amide bonds. The Morgan fingerprint density at radius 2 is 1.94 bits per heavy atom. The van der Waals surface area contributed by atoms with Gasteiger partial charge in [0.05, 0.1) is 6.10 Å². The van der Waals surface area contributed by atoms with Crippen molar-refractivity contribution in [1.82, 2.24) is 5.32 Å². The lowest BCUT2D eigenvalue weighted by atomic mass is 10.1. The molecule has 3 rings (SSSR count). The molecule has 0 radical (unpaired) electrons. The highest BCUT2D eigenvalue weighted by atomic mass is 32.2. The summed E-state index contributed by atoms with van der Waals surface area (Å²) in [4.78, 5) is 10.2. The van der Waals surface area contributed by atoms with Crippen LogP contribution in [0.2, 0.25) is 0 Å². The minimum Gasteiger partial charge on any atom is -0.616 e. The number of β-amino-alcohol motifs (C(OH)–C–C–N with tert-alkyl or cyclic N) is 1. The summed E-state index contributed by atoms with van der Waals surface area (Å²) in [7, 11) is 0. The molecule has 7 nitrogen and oxygen atoms in total. The highest BCUT2D eigenvalue weighted by Crippen LogP contribution is 2.33. The molecule has 176 valence electrons. The average molecular weight is 456 g/mol. The molecule has 4 atom stereocenters. The molecule has 1 saturated heterocycles. The van der Waals surface area contributed by atoms with Crippen molar-refractivity contribution in [3.05, 3.63) is 23.8 Å². The van der Waals surface area contributed by atoms with Crippen LogP contribution in [0.15, 0.2) is 18.2 Å². The first-order valence-corrected chi connectivity index (χ1v) is 12.7. The number of benzene rings is 1. The molecule has 2 aliphatic rings. The van der Waals surface area contributed by atoms with Crippen LogP contribution in [0.25, 0.3) is 0 Å². The number of rotatable bonds is 11. The van der Waals surface area contributed by atoms with Crippen molar-refractivity contribution in [2.75, 3.05) is 19.1 Å². The number of aliphatic hydroxyl groups is 1. The molecule has 1 aromatic rings. The molecule has 2 aliphatic heterocycles. The Labute approximate surface area is 188 Å². The van der Waals surface area contributed by atoms with E-state index in [-0.39, 0.29) is 5.25 Å². The maximum atomic E-state index is 12.3. The summed E-state index contributed by atoms with van der Waals surface area (Å²) in [6, 6.07) is 5.47. The molecule has 0 saturated carbocycles. The smallest absolute Gasteiger partial charge is 0.320 e. The molecule has 0 aliphatic carbocycles. The first kappa shape index (κ1) is 25.8. The number of ether oxygens (including phenoxy) is 2. The number of fused-ring (bicyclic) bond motifs is 1. The van der Waals surface area contributed by atoms with Gasteiger partial charge in [0.25, 0.3) is 0 Å². The van der Waals surface area contributed by atoms with E-state index >= 15 is 0 Å². The molecule has 0 aromatic heterocycles. The SMILES string of the molecule is CCCCCCCC[S+]([O-])C(C)Cc1ccc2c(c1)OCO2.O=C(O)[C@@H]1CC(O)CN1. The summed E-state index contributed by atoms with van der Waals surface area (Å²) in [6.07, 6.45) is 8.17. The quantitative estimate of drug-likeness (QED) is 0.347. The average Bonchev–Trinajstić information content (AvgIpc) is 3.39. The van der Waals surface area contributed by atoms with Gasteiger partial charge in [-0.05, 0) is 37.5 Å². The highest BCUT2D eigenvalue weighted by Gasteiger charge is 2.27. The molecule has 0 spiro atoms. The van der Waals surface area contributed by atoms with Crippen LogP contribution < -0.4 is 14.8 Å². The van der Waals surface area contributed by atoms with Crippen molar-refractivity contribution in [1.29, 1.82) is 0 Å². The van der Waals surface area contributed by atoms with E-state index in [0.717, 1.165) is 30.1 Å². The van der Waals surface area contributed by atoms with Crippen LogP contribution in [-0.4, -0.2) is 57.2 Å². The molecule has 1 aromatic carbocycles. The third-order valence-corrected chi connectivity index (χ3v) is 7.27. The van der Waals surface area contributed by atoms with Crippen LogP contribution in [0, 0.1) is 0 Å². The van der Waals surface area contributed by atoms with Crippen LogP contribution in [0.3, 0.4) is 0 Å². The van der Waals surface area contributed by atoms with E-state index < -0.39 is 29.3 Å². The molecule has 3 unspecified atom stereocenters. The van der Waals surface area contributed by atoms with Gasteiger partial charge in [0.1, 0.15) is 17.0 Å². The van der Waals surface area contributed by atoms with Gasteiger partial charge < -0.3 is 29.6 Å². The number of carboxylic acid groups (broad SMARTS) is 1. The number of aliphatic hydroxyl groups excluding tert-OH is 1. The van der Waals surface area contributed by atoms with Gasteiger partial charge in [-0.15, -0.1) is 0 Å². The molecule has 31 heavy (non-hydrogen) atoms. The molecule has 0 bridgehead atoms. The fraction of sp³-hybridized carbons (Fsp3) is 0.696. The Hall–Kier alpha value is -1.48. The summed E-state index contributed by atoms with van der Waals surface area (Å²) < 4.78 is 23.0. The topological polar surface area (TPSA) is 111 Å². The van der Waals surface area contributed by atoms with Crippen LogP contribution in [0.1, 0.15) is 64.4 Å². The van der Waals surface area contributed by atoms with E-state index in [1.165, 1.54) is 37.7 Å². The summed E-state index contributed by atoms with van der Waals surface area (Å²) >= 11 is -0.743. The summed E-state index contributed by atoms with van der Waals surface area (Å²) in [5.74, 6) is 1.57. The van der Waals surface area contributed by atoms with Crippen LogP contribution in [0.5, 0.6) is 11.5 Å². The largest absolute Gasteiger partial charge is 0.616 e. The van der Waals surface area contributed by atoms with Crippen LogP contribution >= 0.6 is 0 Å². The lowest BCUT2D eigenvalue weighted by Gasteiger charge is -2.18. The molecular formula is C23H37NO6S. The van der Waals surface area contributed by atoms with Crippen molar-refractivity contribution >= 4 is 17.1 Å². The summed E-state index contributed by atoms with van der Waals surface area (Å²) in [5, 5.41) is 20.0. The fourth-order valence-electron chi connectivity index (χ4n) is 3.62. The van der Waals surface area contributed by atoms with Crippen LogP contribution in [0.4, 0.5) is 0 Å². The number of carboxylic acids is 1. The maximum Gasteiger partial charge on any atom is 0.320 e. The minimum absolute atomic E-state index is 0.191. The van der Waals surface area contributed by atoms with Gasteiger partial charge in [0.2, 0.25) is 6.79 Å². The molecule has 8 heteroatoms. The van der Waals surface area contributed by atoms with Gasteiger partial charge in [-0.25, -0.2) is 0 Å². The zero-order valence-corrected chi connectivity index (χ0v) is 19.5. The minimum atomic E-state index is -0.883. The number of carbonyl (C=O) groups is 1. The van der Waals surface area contributed by atoms with Crippen molar-refractivity contribution in [3.63, 3.8) is 0 Å². The standard InChI is InChI=1S/C18H28O3S.C5H9NO3/c1-3-4-5-6-7-8-11-22(19)15(2)12-16-9-10-17-18(13-16)21-14-20-17;7-3-1-4(5(8)9)6-2-3/h9-10,13,15H,3-8,11-12,14H2,1-2H3;3-4,6-7H,1-2H2,(H,8,9)/t;3?,4-/m.0/s1. The Kier molecular flexibility index (Phi) is 11.5. The zero-order valence-electron chi connectivity index (χ0n) is 18.7. The van der Waals surface area contributed by atoms with Crippen molar-refractivity contribution < 1.29 is 29.0 Å². The van der Waals surface area contributed by atoms with Gasteiger partial charge in [-0.1, -0.05) is 49.8 Å². The van der Waals surface area contributed by atoms with Crippen molar-refractivity contribution in [3.8, 4) is 11.5 Å². The number of aliphatic carboxylic acids is 1. The lowest BCUT2D eigenvalue weighted by molar-refractivity contribution is -0.139. The van der Waals surface area contributed by atoms with E-state index in [2.05, 4.69) is 19.2 Å². The third-order valence-electron chi connectivity index (χ3n) is 5.51. The van der Waals surface area contributed by atoms with E-state index in [1.54, 1.807) is 0 Å². The Morgan fingerprint density at radius 3 is 2.58 bits per heavy atom. The Bertz CT molecular complexity index is 673. The predicted molar refractivity (Wildman–Crippen MR) is 122 cm³/mol. The number of hydrogen-bond acceptors (Lipinski definition) is 6. The molecule has 3 N–H and O–H groups in total. The molecular weight excluding hydrogens is 418 g/mol. The maximum absolute atomic E-state index is 12.3. The van der Waals surface area contributed by atoms with Crippen molar-refractivity contribution in [2.45, 2.75) is 82.6 Å². The lowest BCUT2D eigenvalue weighted by Crippen LogP contribution is -2.29. The highest BCUT2D eigenvalue weighted by molar-refractivity contribution is 7.91. The Morgan fingerprint density at radius 1 is 1.23 bits per heavy atom. The second kappa shape index (κ2) is 13.8. The second-order valence-electron chi connectivity index (χ2n) is 8.24. The van der Waals surface area contributed by atoms with Gasteiger partial charge >= 0.3 is 5.97 Å². The monoisotopic (exact) mass is 455 g/mol. The fourth-order valence-corrected chi connectivity index (χ4v) is 4.89. The van der Waals surface area contributed by atoms with Crippen molar-refractivity contribution in [2.24, 2.45) is 0 Å². The second-order valence-corrected chi connectivity index (χ2v) is 10.2. The molecule has 2 heterocycles. The first-order chi connectivity index (χ1) is 14.9. The predicted octanol–water partition coefficient (Wildman–Crippen LogP) is 3.25. The summed E-state index contributed by atoms with van der Waals surface area (Å²) in [5.41, 5.74) is 1.17. The van der Waals surface area contributed by atoms with E-state index in [9.17, 15) is 9.35 Å². The van der Waals surface area contributed by atoms with Gasteiger partial charge in [0, 0.05) is 19.4 Å². The zero-order chi connectivity index (χ0) is 22.6. The van der Waals surface area contributed by atoms with E-state index in [0.29, 0.717) is 19.8 Å². The normalized spacial score (nSPS) is 21.3. The number of hydrogen-bond donors (Lipinski definition) is 3. The number of unbranched alkanes of at least 4 members (excludes halogenated alkanes) is 5. The number of nitrogens with one attached hydrogen (secondary N) is 1. The van der Waals surface area contributed by atoms with Crippen LogP contribution in [-0.2, 0) is 22.4 Å². The van der Waals surface area contributed by atoms with E-state index in [1.807, 2.05) is 18.2 Å². The summed E-state index contributed by atoms with van der Waals surface area (Å²) in [6.45, 7) is 5.01. The van der Waals surface area contributed by atoms with Gasteiger partial charge in [-0.3, -0.25) is 4.79 Å². The third kappa shape index (κ3) is 9.27. The van der Waals surface area contributed by atoms with Gasteiger partial charge in [0.15, 0.2) is 11.5 Å². The first-order valence-electron chi connectivity index (χ1n) is 11.3. The van der Waals surface area contributed by atoms with Gasteiger partial charge in [-0.2, -0.15) is 0 Å².